The first kappa shape index (κ1) is 28.6. The summed E-state index contributed by atoms with van der Waals surface area (Å²) in [6.45, 7) is 2.40. The largest absolute Gasteiger partial charge is 0.454 e. The molecule has 3 aromatic carbocycles. The molecule has 0 radical (unpaired) electrons. The molecule has 43 heavy (non-hydrogen) atoms. The van der Waals surface area contributed by atoms with Gasteiger partial charge in [0.15, 0.2) is 11.5 Å². The van der Waals surface area contributed by atoms with E-state index in [0.717, 1.165) is 23.3 Å². The van der Waals surface area contributed by atoms with Crippen molar-refractivity contribution in [2.24, 2.45) is 0 Å². The molecular formula is C31H30FN5O5S. The molecule has 6 rings (SSSR count). The maximum atomic E-state index is 13.4. The predicted molar refractivity (Wildman–Crippen MR) is 157 cm³/mol. The van der Waals surface area contributed by atoms with E-state index in [1.54, 1.807) is 6.07 Å². The molecule has 2 N–H and O–H groups in total. The number of hydrogen-bond acceptors (Lipinski definition) is 8. The second-order valence-electron chi connectivity index (χ2n) is 10.4. The standard InChI is InChI=1S/C31H30FN5O5S/c1-20(21-6-3-2-4-7-21)34-31-35-24(17-26(36-31)22-9-14-28-29(16-22)42-19-41-28)18-33-30(38)27-8-5-15-37(27)43(39,40)25-12-10-23(32)11-13-25/h2-4,6-7,9-14,16-17,20,27H,5,8,15,18-19H2,1H3,(H,33,38)(H,34,35,36)/t20?,27-/m0/s1. The number of benzene rings is 3. The highest BCUT2D eigenvalue weighted by Crippen LogP contribution is 2.36. The van der Waals surface area contributed by atoms with Crippen LogP contribution in [0.25, 0.3) is 11.3 Å². The van der Waals surface area contributed by atoms with Crippen LogP contribution in [0.4, 0.5) is 10.3 Å². The SMILES string of the molecule is CC(Nc1nc(CNC(=O)[C@@H]2CCCN2S(=O)(=O)c2ccc(F)cc2)cc(-c2ccc3c(c2)OCO3)n1)c1ccccc1. The maximum Gasteiger partial charge on any atom is 0.243 e. The van der Waals surface area contributed by atoms with Gasteiger partial charge in [0.1, 0.15) is 11.9 Å². The minimum absolute atomic E-state index is 0.0498. The van der Waals surface area contributed by atoms with E-state index in [0.29, 0.717) is 41.7 Å². The fourth-order valence-electron chi connectivity index (χ4n) is 5.20. The van der Waals surface area contributed by atoms with Crippen LogP contribution in [0.1, 0.15) is 37.1 Å². The Morgan fingerprint density at radius 1 is 1.02 bits per heavy atom. The summed E-state index contributed by atoms with van der Waals surface area (Å²) < 4.78 is 52.1. The number of aromatic nitrogens is 2. The normalized spacial score (nSPS) is 17.0. The second-order valence-corrected chi connectivity index (χ2v) is 12.2. The zero-order valence-corrected chi connectivity index (χ0v) is 24.2. The Labute approximate surface area is 248 Å². The molecule has 0 bridgehead atoms. The summed E-state index contributed by atoms with van der Waals surface area (Å²) in [5.74, 6) is 0.669. The third kappa shape index (κ3) is 6.15. The van der Waals surface area contributed by atoms with Crippen molar-refractivity contribution in [3.8, 4) is 22.8 Å². The van der Waals surface area contributed by atoms with Crippen molar-refractivity contribution in [3.05, 3.63) is 95.9 Å². The second kappa shape index (κ2) is 12.0. The molecular weight excluding hydrogens is 573 g/mol. The van der Waals surface area contributed by atoms with E-state index in [9.17, 15) is 17.6 Å². The van der Waals surface area contributed by atoms with E-state index in [1.165, 1.54) is 16.4 Å². The number of amides is 1. The van der Waals surface area contributed by atoms with Gasteiger partial charge in [0.25, 0.3) is 0 Å². The molecule has 10 nitrogen and oxygen atoms in total. The number of sulfonamides is 1. The highest BCUT2D eigenvalue weighted by Gasteiger charge is 2.39. The van der Waals surface area contributed by atoms with Gasteiger partial charge in [0.05, 0.1) is 28.9 Å². The zero-order chi connectivity index (χ0) is 30.0. The van der Waals surface area contributed by atoms with Crippen LogP contribution < -0.4 is 20.1 Å². The number of ether oxygens (including phenoxy) is 2. The summed E-state index contributed by atoms with van der Waals surface area (Å²) in [6.07, 6.45) is 0.908. The lowest BCUT2D eigenvalue weighted by molar-refractivity contribution is -0.124. The van der Waals surface area contributed by atoms with Gasteiger partial charge in [0, 0.05) is 12.1 Å². The Bertz CT molecular complexity index is 1740. The van der Waals surface area contributed by atoms with Gasteiger partial charge < -0.3 is 20.1 Å². The Hall–Kier alpha value is -4.55. The maximum absolute atomic E-state index is 13.4. The Kier molecular flexibility index (Phi) is 7.96. The molecule has 1 amide bonds. The molecule has 3 heterocycles. The first-order valence-electron chi connectivity index (χ1n) is 13.9. The van der Waals surface area contributed by atoms with Gasteiger partial charge in [-0.3, -0.25) is 4.79 Å². The molecule has 1 fully saturated rings. The van der Waals surface area contributed by atoms with Crippen LogP contribution in [0.3, 0.4) is 0 Å². The Morgan fingerprint density at radius 2 is 1.79 bits per heavy atom. The number of carbonyl (C=O) groups is 1. The van der Waals surface area contributed by atoms with Gasteiger partial charge in [-0.15, -0.1) is 0 Å². The van der Waals surface area contributed by atoms with Crippen molar-refractivity contribution in [3.63, 3.8) is 0 Å². The van der Waals surface area contributed by atoms with Gasteiger partial charge in [-0.1, -0.05) is 30.3 Å². The number of nitrogens with zero attached hydrogens (tertiary/aromatic N) is 3. The topological polar surface area (TPSA) is 123 Å². The summed E-state index contributed by atoms with van der Waals surface area (Å²) in [6, 6.07) is 20.8. The number of anilines is 1. The highest BCUT2D eigenvalue weighted by molar-refractivity contribution is 7.89. The van der Waals surface area contributed by atoms with Gasteiger partial charge in [-0.25, -0.2) is 22.8 Å². The average molecular weight is 604 g/mol. The molecule has 0 spiro atoms. The third-order valence-corrected chi connectivity index (χ3v) is 9.39. The van der Waals surface area contributed by atoms with Crippen LogP contribution in [-0.2, 0) is 21.4 Å². The lowest BCUT2D eigenvalue weighted by atomic mass is 10.1. The molecule has 1 saturated heterocycles. The highest BCUT2D eigenvalue weighted by atomic mass is 32.2. The van der Waals surface area contributed by atoms with Crippen LogP contribution in [0.5, 0.6) is 11.5 Å². The molecule has 1 aromatic heterocycles. The molecule has 0 aliphatic carbocycles. The van der Waals surface area contributed by atoms with E-state index < -0.39 is 27.8 Å². The number of carbonyl (C=O) groups excluding carboxylic acids is 1. The molecule has 12 heteroatoms. The van der Waals surface area contributed by atoms with Crippen molar-refractivity contribution in [1.82, 2.24) is 19.6 Å². The molecule has 0 saturated carbocycles. The fourth-order valence-corrected chi connectivity index (χ4v) is 6.86. The predicted octanol–water partition coefficient (Wildman–Crippen LogP) is 4.65. The molecule has 4 aromatic rings. The summed E-state index contributed by atoms with van der Waals surface area (Å²) in [5.41, 5.74) is 2.98. The van der Waals surface area contributed by atoms with E-state index in [4.69, 9.17) is 14.5 Å². The van der Waals surface area contributed by atoms with E-state index >= 15 is 0 Å². The van der Waals surface area contributed by atoms with Crippen molar-refractivity contribution >= 4 is 21.9 Å². The minimum atomic E-state index is -3.98. The number of fused-ring (bicyclic) bond motifs is 1. The summed E-state index contributed by atoms with van der Waals surface area (Å²) in [4.78, 5) is 22.7. The Balaban J connectivity index is 1.23. The lowest BCUT2D eigenvalue weighted by Gasteiger charge is -2.23. The molecule has 2 aliphatic rings. The van der Waals surface area contributed by atoms with Crippen molar-refractivity contribution < 1.29 is 27.1 Å². The summed E-state index contributed by atoms with van der Waals surface area (Å²) in [7, 11) is -3.98. The van der Waals surface area contributed by atoms with Crippen molar-refractivity contribution in [1.29, 1.82) is 0 Å². The molecule has 1 unspecified atom stereocenters. The lowest BCUT2D eigenvalue weighted by Crippen LogP contribution is -2.45. The van der Waals surface area contributed by atoms with Gasteiger partial charge in [-0.2, -0.15) is 4.31 Å². The monoisotopic (exact) mass is 603 g/mol. The average Bonchev–Trinajstić information content (AvgIpc) is 3.71. The molecule has 2 aliphatic heterocycles. The smallest absolute Gasteiger partial charge is 0.243 e. The van der Waals surface area contributed by atoms with E-state index in [2.05, 4.69) is 15.6 Å². The van der Waals surface area contributed by atoms with Crippen LogP contribution in [0.15, 0.2) is 83.8 Å². The van der Waals surface area contributed by atoms with Gasteiger partial charge >= 0.3 is 0 Å². The Morgan fingerprint density at radius 3 is 2.58 bits per heavy atom. The number of rotatable bonds is 9. The minimum Gasteiger partial charge on any atom is -0.454 e. The summed E-state index contributed by atoms with van der Waals surface area (Å²) in [5, 5.41) is 6.22. The zero-order valence-electron chi connectivity index (χ0n) is 23.4. The number of halogens is 1. The number of hydrogen-bond donors (Lipinski definition) is 2. The van der Waals surface area contributed by atoms with E-state index in [1.807, 2.05) is 55.5 Å². The first-order valence-corrected chi connectivity index (χ1v) is 15.4. The molecule has 2 atom stereocenters. The van der Waals surface area contributed by atoms with Crippen LogP contribution >= 0.6 is 0 Å². The van der Waals surface area contributed by atoms with Crippen molar-refractivity contribution in [2.45, 2.75) is 43.3 Å². The summed E-state index contributed by atoms with van der Waals surface area (Å²) >= 11 is 0. The van der Waals surface area contributed by atoms with Gasteiger partial charge in [0.2, 0.25) is 28.7 Å². The van der Waals surface area contributed by atoms with Crippen molar-refractivity contribution in [2.75, 3.05) is 18.7 Å². The third-order valence-electron chi connectivity index (χ3n) is 7.46. The van der Waals surface area contributed by atoms with Crippen LogP contribution in [0, 0.1) is 5.82 Å². The number of nitrogens with one attached hydrogen (secondary N) is 2. The van der Waals surface area contributed by atoms with E-state index in [-0.39, 0.29) is 30.8 Å². The first-order chi connectivity index (χ1) is 20.8. The molecule has 222 valence electrons. The fraction of sp³-hybridized carbons (Fsp3) is 0.258. The van der Waals surface area contributed by atoms with Gasteiger partial charge in [-0.05, 0) is 73.9 Å². The quantitative estimate of drug-likeness (QED) is 0.284. The van der Waals surface area contributed by atoms with Crippen LogP contribution in [-0.4, -0.2) is 48.0 Å². The van der Waals surface area contributed by atoms with Crippen LogP contribution in [0.2, 0.25) is 0 Å².